The number of carbonyl (C=O) groups is 1. The van der Waals surface area contributed by atoms with Gasteiger partial charge in [0.15, 0.2) is 15.6 Å². The Hall–Kier alpha value is -2.97. The van der Waals surface area contributed by atoms with E-state index >= 15 is 0 Å². The van der Waals surface area contributed by atoms with E-state index in [4.69, 9.17) is 0 Å². The molecule has 0 bridgehead atoms. The summed E-state index contributed by atoms with van der Waals surface area (Å²) in [7, 11) is -2.96. The number of thiazole rings is 1. The Labute approximate surface area is 222 Å². The number of rotatable bonds is 6. The van der Waals surface area contributed by atoms with Crippen molar-refractivity contribution >= 4 is 33.0 Å². The maximum absolute atomic E-state index is 12.8. The Kier molecular flexibility index (Phi) is 6.75. The minimum atomic E-state index is -2.96. The maximum Gasteiger partial charge on any atom is 0.174 e. The van der Waals surface area contributed by atoms with E-state index in [9.17, 15) is 13.2 Å². The zero-order valence-electron chi connectivity index (χ0n) is 21.7. The third-order valence-electron chi connectivity index (χ3n) is 6.99. The number of benzene rings is 1. The first-order valence-electron chi connectivity index (χ1n) is 12.5. The van der Waals surface area contributed by atoms with Gasteiger partial charge in [-0.1, -0.05) is 39.0 Å². The third kappa shape index (κ3) is 5.50. The predicted octanol–water partition coefficient (Wildman–Crippen LogP) is 5.71. The zero-order chi connectivity index (χ0) is 26.4. The van der Waals surface area contributed by atoms with E-state index in [1.165, 1.54) is 11.3 Å². The summed E-state index contributed by atoms with van der Waals surface area (Å²) >= 11 is 1.50. The molecule has 0 fully saturated rings. The van der Waals surface area contributed by atoms with Crippen molar-refractivity contribution in [1.29, 1.82) is 0 Å². The second-order valence-corrected chi connectivity index (χ2v) is 14.1. The van der Waals surface area contributed by atoms with Gasteiger partial charge in [0.05, 0.1) is 32.8 Å². The van der Waals surface area contributed by atoms with Crippen LogP contribution < -0.4 is 0 Å². The number of hydrogen-bond donors (Lipinski definition) is 0. The van der Waals surface area contributed by atoms with Crippen molar-refractivity contribution in [3.8, 4) is 11.3 Å². The Morgan fingerprint density at radius 1 is 1.11 bits per heavy atom. The van der Waals surface area contributed by atoms with Gasteiger partial charge in [0.25, 0.3) is 0 Å². The summed E-state index contributed by atoms with van der Waals surface area (Å²) in [6.45, 7) is 8.39. The van der Waals surface area contributed by atoms with Crippen LogP contribution in [-0.2, 0) is 28.1 Å². The number of fused-ring (bicyclic) bond motifs is 1. The van der Waals surface area contributed by atoms with Gasteiger partial charge in [0.2, 0.25) is 0 Å². The first kappa shape index (κ1) is 25.7. The fourth-order valence-electron chi connectivity index (χ4n) is 4.80. The summed E-state index contributed by atoms with van der Waals surface area (Å²) in [5.74, 6) is 0.446. The van der Waals surface area contributed by atoms with Gasteiger partial charge in [0, 0.05) is 35.6 Å². The van der Waals surface area contributed by atoms with Gasteiger partial charge in [-0.15, -0.1) is 11.3 Å². The van der Waals surface area contributed by atoms with Gasteiger partial charge < -0.3 is 0 Å². The van der Waals surface area contributed by atoms with Crippen molar-refractivity contribution in [3.05, 3.63) is 80.2 Å². The largest absolute Gasteiger partial charge is 0.293 e. The fraction of sp³-hybridized carbons (Fsp3) is 0.379. The Balaban J connectivity index is 1.30. The molecule has 192 valence electrons. The van der Waals surface area contributed by atoms with Gasteiger partial charge in [-0.05, 0) is 54.2 Å². The first-order valence-corrected chi connectivity index (χ1v) is 15.2. The van der Waals surface area contributed by atoms with Crippen molar-refractivity contribution in [2.45, 2.75) is 58.8 Å². The van der Waals surface area contributed by atoms with E-state index < -0.39 is 9.84 Å². The zero-order valence-corrected chi connectivity index (χ0v) is 23.3. The summed E-state index contributed by atoms with van der Waals surface area (Å²) < 4.78 is 23.6. The molecular formula is C29H31N3O3S2. The van der Waals surface area contributed by atoms with Crippen LogP contribution in [0, 0.1) is 6.92 Å². The molecule has 1 aliphatic heterocycles. The van der Waals surface area contributed by atoms with Crippen molar-refractivity contribution in [2.75, 3.05) is 11.5 Å². The molecule has 0 saturated carbocycles. The van der Waals surface area contributed by atoms with Crippen LogP contribution >= 0.6 is 11.3 Å². The standard InChI is InChI=1S/C29H31N3O3S2/c1-18-13-21(6-5-19(18)7-8-25(33)26-16-30-28(36-26)29(2,3)4)27-23-14-22(15-24(23)31-17-32-27)20-9-11-37(34,35)12-10-20/h5-6,9,13,15-17H,7-8,10-12,14H2,1-4H3. The molecule has 0 atom stereocenters. The number of aryl methyl sites for hydroxylation is 2. The third-order valence-corrected chi connectivity index (χ3v) is 9.96. The predicted molar refractivity (Wildman–Crippen MR) is 149 cm³/mol. The minimum Gasteiger partial charge on any atom is -0.293 e. The van der Waals surface area contributed by atoms with Crippen molar-refractivity contribution in [1.82, 2.24) is 15.0 Å². The molecule has 6 nitrogen and oxygen atoms in total. The fourth-order valence-corrected chi connectivity index (χ4v) is 6.89. The van der Waals surface area contributed by atoms with Crippen LogP contribution in [0.25, 0.3) is 17.3 Å². The minimum absolute atomic E-state index is 0.0545. The van der Waals surface area contributed by atoms with Crippen molar-refractivity contribution in [2.24, 2.45) is 0 Å². The van der Waals surface area contributed by atoms with Crippen LogP contribution in [0.2, 0.25) is 0 Å². The molecule has 3 heterocycles. The number of Topliss-reactive ketones (excluding diaryl/α,β-unsaturated/α-hetero) is 1. The highest BCUT2D eigenvalue weighted by molar-refractivity contribution is 7.91. The molecule has 0 saturated heterocycles. The molecule has 1 aliphatic carbocycles. The molecule has 0 spiro atoms. The van der Waals surface area contributed by atoms with Gasteiger partial charge in [-0.3, -0.25) is 4.79 Å². The lowest BCUT2D eigenvalue weighted by molar-refractivity contribution is 0.0986. The second-order valence-electron chi connectivity index (χ2n) is 10.9. The van der Waals surface area contributed by atoms with E-state index in [1.807, 2.05) is 6.08 Å². The lowest BCUT2D eigenvalue weighted by Crippen LogP contribution is -2.16. The normalized spacial score (nSPS) is 16.8. The Morgan fingerprint density at radius 2 is 1.92 bits per heavy atom. The molecule has 8 heteroatoms. The molecule has 0 N–H and O–H groups in total. The average molecular weight is 534 g/mol. The molecule has 2 aliphatic rings. The number of nitrogens with zero attached hydrogens (tertiary/aromatic N) is 3. The number of allylic oxidation sites excluding steroid dienone is 2. The highest BCUT2D eigenvalue weighted by Crippen LogP contribution is 2.36. The lowest BCUT2D eigenvalue weighted by atomic mass is 9.95. The van der Waals surface area contributed by atoms with Crippen LogP contribution in [0.3, 0.4) is 0 Å². The van der Waals surface area contributed by atoms with Gasteiger partial charge in [0.1, 0.15) is 6.33 Å². The van der Waals surface area contributed by atoms with Gasteiger partial charge >= 0.3 is 0 Å². The first-order chi connectivity index (χ1) is 17.5. The number of ketones is 1. The summed E-state index contributed by atoms with van der Waals surface area (Å²) in [6.07, 6.45) is 9.61. The molecule has 1 aromatic carbocycles. The summed E-state index contributed by atoms with van der Waals surface area (Å²) in [5.41, 5.74) is 8.38. The number of hydrogen-bond acceptors (Lipinski definition) is 7. The smallest absolute Gasteiger partial charge is 0.174 e. The van der Waals surface area contributed by atoms with Crippen LogP contribution in [0.4, 0.5) is 0 Å². The highest BCUT2D eigenvalue weighted by atomic mass is 32.2. The molecule has 5 rings (SSSR count). The summed E-state index contributed by atoms with van der Waals surface area (Å²) in [4.78, 5) is 27.1. The van der Waals surface area contributed by atoms with Gasteiger partial charge in [-0.2, -0.15) is 0 Å². The van der Waals surface area contributed by atoms with E-state index in [2.05, 4.69) is 66.9 Å². The molecule has 3 aromatic rings. The Bertz CT molecular complexity index is 1560. The van der Waals surface area contributed by atoms with Crippen LogP contribution in [0.5, 0.6) is 0 Å². The Morgan fingerprint density at radius 3 is 2.59 bits per heavy atom. The molecular weight excluding hydrogens is 502 g/mol. The summed E-state index contributed by atoms with van der Waals surface area (Å²) in [5, 5.41) is 0.983. The molecule has 2 aromatic heterocycles. The second kappa shape index (κ2) is 9.72. The monoisotopic (exact) mass is 533 g/mol. The van der Waals surface area contributed by atoms with E-state index in [0.717, 1.165) is 54.7 Å². The number of aromatic nitrogens is 3. The van der Waals surface area contributed by atoms with Gasteiger partial charge in [-0.25, -0.2) is 23.4 Å². The lowest BCUT2D eigenvalue weighted by Gasteiger charge is -2.15. The van der Waals surface area contributed by atoms with Crippen molar-refractivity contribution in [3.63, 3.8) is 0 Å². The average Bonchev–Trinajstić information content (AvgIpc) is 3.51. The van der Waals surface area contributed by atoms with Crippen LogP contribution in [-0.4, -0.2) is 40.7 Å². The summed E-state index contributed by atoms with van der Waals surface area (Å²) in [6, 6.07) is 6.30. The number of sulfone groups is 1. The molecule has 0 unspecified atom stereocenters. The molecule has 0 amide bonds. The molecule has 0 radical (unpaired) electrons. The van der Waals surface area contributed by atoms with Crippen LogP contribution in [0.15, 0.2) is 47.9 Å². The quantitative estimate of drug-likeness (QED) is 0.377. The van der Waals surface area contributed by atoms with E-state index in [-0.39, 0.29) is 22.7 Å². The highest BCUT2D eigenvalue weighted by Gasteiger charge is 2.25. The van der Waals surface area contributed by atoms with E-state index in [1.54, 1.807) is 12.5 Å². The van der Waals surface area contributed by atoms with E-state index in [0.29, 0.717) is 25.7 Å². The topological polar surface area (TPSA) is 89.9 Å². The van der Waals surface area contributed by atoms with Crippen molar-refractivity contribution < 1.29 is 13.2 Å². The SMILES string of the molecule is Cc1cc(-c2ncnc3c2CC(C2=CCS(=O)(=O)CC2)=C3)ccc1CCC(=O)c1cnc(C(C)(C)C)s1. The number of carbonyl (C=O) groups excluding carboxylic acids is 1. The van der Waals surface area contributed by atoms with Crippen LogP contribution in [0.1, 0.15) is 70.7 Å². The molecule has 37 heavy (non-hydrogen) atoms. The maximum atomic E-state index is 12.8.